The third-order valence-electron chi connectivity index (χ3n) is 2.69. The zero-order chi connectivity index (χ0) is 14.5. The molecule has 0 aliphatic carbocycles. The van der Waals surface area contributed by atoms with Crippen molar-refractivity contribution in [2.24, 2.45) is 0 Å². The summed E-state index contributed by atoms with van der Waals surface area (Å²) in [6.45, 7) is -0.0410. The fraction of sp³-hybridized carbons (Fsp3) is 0.133. The van der Waals surface area contributed by atoms with Crippen LogP contribution < -0.4 is 4.74 Å². The van der Waals surface area contributed by atoms with Crippen molar-refractivity contribution in [2.75, 3.05) is 7.11 Å². The molecule has 0 spiro atoms. The third-order valence-corrected chi connectivity index (χ3v) is 2.69. The molecule has 0 amide bonds. The standard InChI is InChI=1S/C15H13FO4/c1-19-14-7-2-10(8-13(14)16)9-20-15(18)11-3-5-12(17)6-4-11/h2-8,17H,9H2,1H3. The van der Waals surface area contributed by atoms with Gasteiger partial charge in [-0.15, -0.1) is 0 Å². The minimum Gasteiger partial charge on any atom is -0.508 e. The molecule has 5 heteroatoms. The number of hydrogen-bond donors (Lipinski definition) is 1. The van der Waals surface area contributed by atoms with E-state index in [1.165, 1.54) is 43.5 Å². The lowest BCUT2D eigenvalue weighted by Crippen LogP contribution is -2.05. The van der Waals surface area contributed by atoms with Gasteiger partial charge in [0.1, 0.15) is 12.4 Å². The van der Waals surface area contributed by atoms with Crippen molar-refractivity contribution in [3.05, 3.63) is 59.4 Å². The van der Waals surface area contributed by atoms with Crippen LogP contribution in [0.3, 0.4) is 0 Å². The zero-order valence-electron chi connectivity index (χ0n) is 10.8. The first-order valence-electron chi connectivity index (χ1n) is 5.88. The minimum absolute atomic E-state index is 0.0410. The van der Waals surface area contributed by atoms with Crippen molar-refractivity contribution in [1.82, 2.24) is 0 Å². The van der Waals surface area contributed by atoms with E-state index in [1.807, 2.05) is 0 Å². The topological polar surface area (TPSA) is 55.8 Å². The number of ether oxygens (including phenoxy) is 2. The molecule has 2 rings (SSSR count). The highest BCUT2D eigenvalue weighted by Crippen LogP contribution is 2.18. The van der Waals surface area contributed by atoms with E-state index in [4.69, 9.17) is 14.6 Å². The normalized spacial score (nSPS) is 10.1. The van der Waals surface area contributed by atoms with Crippen LogP contribution in [-0.2, 0) is 11.3 Å². The number of hydrogen-bond acceptors (Lipinski definition) is 4. The van der Waals surface area contributed by atoms with Crippen LogP contribution in [0.5, 0.6) is 11.5 Å². The Morgan fingerprint density at radius 1 is 1.20 bits per heavy atom. The molecule has 20 heavy (non-hydrogen) atoms. The lowest BCUT2D eigenvalue weighted by atomic mass is 10.2. The quantitative estimate of drug-likeness (QED) is 0.872. The minimum atomic E-state index is -0.541. The molecule has 0 aliphatic heterocycles. The number of aromatic hydroxyl groups is 1. The van der Waals surface area contributed by atoms with E-state index in [9.17, 15) is 9.18 Å². The van der Waals surface area contributed by atoms with Crippen molar-refractivity contribution in [3.8, 4) is 11.5 Å². The Morgan fingerprint density at radius 2 is 1.90 bits per heavy atom. The Hall–Kier alpha value is -2.56. The monoisotopic (exact) mass is 276 g/mol. The summed E-state index contributed by atoms with van der Waals surface area (Å²) >= 11 is 0. The number of rotatable bonds is 4. The fourth-order valence-electron chi connectivity index (χ4n) is 1.63. The van der Waals surface area contributed by atoms with Crippen molar-refractivity contribution >= 4 is 5.97 Å². The van der Waals surface area contributed by atoms with E-state index in [2.05, 4.69) is 0 Å². The number of methoxy groups -OCH3 is 1. The predicted octanol–water partition coefficient (Wildman–Crippen LogP) is 2.90. The number of carbonyl (C=O) groups is 1. The van der Waals surface area contributed by atoms with Gasteiger partial charge in [-0.2, -0.15) is 0 Å². The highest BCUT2D eigenvalue weighted by molar-refractivity contribution is 5.89. The average Bonchev–Trinajstić information content (AvgIpc) is 2.45. The average molecular weight is 276 g/mol. The van der Waals surface area contributed by atoms with E-state index in [-0.39, 0.29) is 18.1 Å². The van der Waals surface area contributed by atoms with Gasteiger partial charge in [0, 0.05) is 0 Å². The lowest BCUT2D eigenvalue weighted by molar-refractivity contribution is 0.0472. The van der Waals surface area contributed by atoms with Crippen LogP contribution in [0.2, 0.25) is 0 Å². The molecule has 104 valence electrons. The van der Waals surface area contributed by atoms with E-state index in [0.717, 1.165) is 0 Å². The van der Waals surface area contributed by atoms with Gasteiger partial charge in [0.05, 0.1) is 12.7 Å². The van der Waals surface area contributed by atoms with Crippen molar-refractivity contribution in [1.29, 1.82) is 0 Å². The van der Waals surface area contributed by atoms with Gasteiger partial charge in [-0.05, 0) is 42.0 Å². The smallest absolute Gasteiger partial charge is 0.338 e. The summed E-state index contributed by atoms with van der Waals surface area (Å²) in [7, 11) is 1.38. The molecule has 0 atom stereocenters. The summed E-state index contributed by atoms with van der Waals surface area (Å²) in [5.41, 5.74) is 0.840. The molecular weight excluding hydrogens is 263 g/mol. The molecule has 0 aromatic heterocycles. The number of carbonyl (C=O) groups excluding carboxylic acids is 1. The SMILES string of the molecule is COc1ccc(COC(=O)c2ccc(O)cc2)cc1F. The van der Waals surface area contributed by atoms with Gasteiger partial charge in [0.2, 0.25) is 0 Å². The molecule has 1 N–H and O–H groups in total. The zero-order valence-corrected chi connectivity index (χ0v) is 10.8. The van der Waals surface area contributed by atoms with Gasteiger partial charge in [-0.1, -0.05) is 6.07 Å². The third kappa shape index (κ3) is 3.26. The largest absolute Gasteiger partial charge is 0.508 e. The Kier molecular flexibility index (Phi) is 4.20. The summed E-state index contributed by atoms with van der Waals surface area (Å²) in [5, 5.41) is 9.12. The van der Waals surface area contributed by atoms with Gasteiger partial charge in [-0.25, -0.2) is 9.18 Å². The van der Waals surface area contributed by atoms with E-state index < -0.39 is 11.8 Å². The number of phenolic OH excluding ortho intramolecular Hbond substituents is 1. The molecule has 0 saturated heterocycles. The summed E-state index contributed by atoms with van der Waals surface area (Å²) < 4.78 is 23.3. The molecule has 2 aromatic carbocycles. The molecular formula is C15H13FO4. The molecule has 2 aromatic rings. The second-order valence-corrected chi connectivity index (χ2v) is 4.09. The van der Waals surface area contributed by atoms with Gasteiger partial charge >= 0.3 is 5.97 Å². The summed E-state index contributed by atoms with van der Waals surface area (Å²) in [6, 6.07) is 10.0. The predicted molar refractivity (Wildman–Crippen MR) is 70.2 cm³/mol. The summed E-state index contributed by atoms with van der Waals surface area (Å²) in [6.07, 6.45) is 0. The van der Waals surface area contributed by atoms with Crippen LogP contribution in [0.4, 0.5) is 4.39 Å². The molecule has 0 unspecified atom stereocenters. The van der Waals surface area contributed by atoms with Crippen molar-refractivity contribution in [2.45, 2.75) is 6.61 Å². The van der Waals surface area contributed by atoms with E-state index in [1.54, 1.807) is 6.07 Å². The first-order chi connectivity index (χ1) is 9.60. The van der Waals surface area contributed by atoms with Crippen LogP contribution in [-0.4, -0.2) is 18.2 Å². The Bertz CT molecular complexity index is 608. The maximum atomic E-state index is 13.4. The number of halogens is 1. The molecule has 0 radical (unpaired) electrons. The van der Waals surface area contributed by atoms with Crippen molar-refractivity contribution in [3.63, 3.8) is 0 Å². The molecule has 0 heterocycles. The molecule has 4 nitrogen and oxygen atoms in total. The molecule has 0 aliphatic rings. The molecule has 0 bridgehead atoms. The van der Waals surface area contributed by atoms with Crippen LogP contribution in [0.25, 0.3) is 0 Å². The highest BCUT2D eigenvalue weighted by Gasteiger charge is 2.09. The summed E-state index contributed by atoms with van der Waals surface area (Å²) in [4.78, 5) is 11.7. The molecule has 0 fully saturated rings. The summed E-state index contributed by atoms with van der Waals surface area (Å²) in [5.74, 6) is -0.843. The lowest BCUT2D eigenvalue weighted by Gasteiger charge is -2.07. The van der Waals surface area contributed by atoms with Gasteiger partial charge in [0.25, 0.3) is 0 Å². The fourth-order valence-corrected chi connectivity index (χ4v) is 1.63. The second kappa shape index (κ2) is 6.06. The maximum absolute atomic E-state index is 13.4. The number of benzene rings is 2. The van der Waals surface area contributed by atoms with Crippen LogP contribution in [0.15, 0.2) is 42.5 Å². The molecule has 0 saturated carbocycles. The van der Waals surface area contributed by atoms with Crippen molar-refractivity contribution < 1.29 is 23.8 Å². The van der Waals surface area contributed by atoms with Gasteiger partial charge < -0.3 is 14.6 Å². The van der Waals surface area contributed by atoms with Gasteiger partial charge in [0.15, 0.2) is 11.6 Å². The van der Waals surface area contributed by atoms with E-state index in [0.29, 0.717) is 11.1 Å². The van der Waals surface area contributed by atoms with Crippen LogP contribution in [0.1, 0.15) is 15.9 Å². The van der Waals surface area contributed by atoms with E-state index >= 15 is 0 Å². The first-order valence-corrected chi connectivity index (χ1v) is 5.88. The second-order valence-electron chi connectivity index (χ2n) is 4.09. The Morgan fingerprint density at radius 3 is 2.50 bits per heavy atom. The van der Waals surface area contributed by atoms with Crippen LogP contribution >= 0.6 is 0 Å². The Balaban J connectivity index is 1.99. The first kappa shape index (κ1) is 13.9. The number of esters is 1. The highest BCUT2D eigenvalue weighted by atomic mass is 19.1. The van der Waals surface area contributed by atoms with Crippen LogP contribution in [0, 0.1) is 5.82 Å². The number of phenols is 1. The maximum Gasteiger partial charge on any atom is 0.338 e. The van der Waals surface area contributed by atoms with Gasteiger partial charge in [-0.3, -0.25) is 0 Å². The Labute approximate surface area is 115 Å².